The minimum absolute atomic E-state index is 0.287. The number of nitrogens with one attached hydrogen (secondary N) is 2. The molecule has 1 aromatic carbocycles. The van der Waals surface area contributed by atoms with Crippen molar-refractivity contribution in [3.8, 4) is 11.3 Å². The maximum atomic E-state index is 12.6. The van der Waals surface area contributed by atoms with Crippen molar-refractivity contribution in [3.63, 3.8) is 0 Å². The van der Waals surface area contributed by atoms with E-state index in [2.05, 4.69) is 20.8 Å². The maximum Gasteiger partial charge on any atom is 0.323 e. The van der Waals surface area contributed by atoms with Crippen LogP contribution >= 0.6 is 0 Å². The van der Waals surface area contributed by atoms with E-state index in [0.29, 0.717) is 6.04 Å². The minimum atomic E-state index is -0.287. The van der Waals surface area contributed by atoms with E-state index in [1.807, 2.05) is 54.5 Å². The second kappa shape index (κ2) is 8.08. The first-order valence-electron chi connectivity index (χ1n) is 9.82. The number of aryl methyl sites for hydroxylation is 2. The average Bonchev–Trinajstić information content (AvgIpc) is 3.30. The number of urea groups is 1. The molecule has 0 radical (unpaired) electrons. The van der Waals surface area contributed by atoms with E-state index in [-0.39, 0.29) is 6.03 Å². The van der Waals surface area contributed by atoms with Crippen molar-refractivity contribution in [2.24, 2.45) is 7.05 Å². The molecule has 0 atom stereocenters. The Hall–Kier alpha value is -3.13. The highest BCUT2D eigenvalue weighted by atomic mass is 16.5. The first-order chi connectivity index (χ1) is 14.0. The molecular weight excluding hydrogens is 368 g/mol. The highest BCUT2D eigenvalue weighted by Gasteiger charge is 2.20. The molecule has 3 aromatic rings. The highest BCUT2D eigenvalue weighted by Crippen LogP contribution is 2.27. The van der Waals surface area contributed by atoms with Gasteiger partial charge in [0.15, 0.2) is 0 Å². The Morgan fingerprint density at radius 1 is 1.10 bits per heavy atom. The normalized spacial score (nSPS) is 14.7. The van der Waals surface area contributed by atoms with Gasteiger partial charge in [0.25, 0.3) is 0 Å². The molecule has 2 aromatic heterocycles. The zero-order valence-corrected chi connectivity index (χ0v) is 17.0. The second-order valence-corrected chi connectivity index (χ2v) is 7.38. The van der Waals surface area contributed by atoms with Crippen LogP contribution in [0.4, 0.5) is 16.2 Å². The van der Waals surface area contributed by atoms with Gasteiger partial charge in [-0.15, -0.1) is 0 Å². The van der Waals surface area contributed by atoms with E-state index in [0.717, 1.165) is 59.9 Å². The summed E-state index contributed by atoms with van der Waals surface area (Å²) in [5.41, 5.74) is 5.40. The first-order valence-corrected chi connectivity index (χ1v) is 9.82. The van der Waals surface area contributed by atoms with Gasteiger partial charge < -0.3 is 15.4 Å². The Labute approximate surface area is 169 Å². The van der Waals surface area contributed by atoms with Gasteiger partial charge in [-0.25, -0.2) is 4.79 Å². The van der Waals surface area contributed by atoms with Crippen molar-refractivity contribution in [3.05, 3.63) is 47.9 Å². The molecular formula is C21H26N6O2. The lowest BCUT2D eigenvalue weighted by Gasteiger charge is -2.23. The molecule has 0 unspecified atom stereocenters. The molecule has 0 saturated carbocycles. The van der Waals surface area contributed by atoms with Crippen molar-refractivity contribution < 1.29 is 9.53 Å². The summed E-state index contributed by atoms with van der Waals surface area (Å²) in [5.74, 6) is 0. The van der Waals surface area contributed by atoms with Crippen LogP contribution in [0.2, 0.25) is 0 Å². The van der Waals surface area contributed by atoms with Gasteiger partial charge in [0.05, 0.1) is 29.3 Å². The predicted molar refractivity (Wildman–Crippen MR) is 112 cm³/mol. The SMILES string of the molecule is Cc1ccc(-c2ccnn2C)cc1NC(=O)Nc1cnn(C2CCOCC2)c1C. The number of carbonyl (C=O) groups is 1. The van der Waals surface area contributed by atoms with Crippen LogP contribution in [-0.2, 0) is 11.8 Å². The minimum Gasteiger partial charge on any atom is -0.381 e. The Bertz CT molecular complexity index is 1020. The van der Waals surface area contributed by atoms with Gasteiger partial charge in [-0.2, -0.15) is 10.2 Å². The number of benzene rings is 1. The van der Waals surface area contributed by atoms with E-state index in [1.54, 1.807) is 12.4 Å². The van der Waals surface area contributed by atoms with E-state index in [9.17, 15) is 4.79 Å². The van der Waals surface area contributed by atoms with Crippen LogP contribution in [-0.4, -0.2) is 38.8 Å². The Balaban J connectivity index is 1.48. The van der Waals surface area contributed by atoms with Gasteiger partial charge in [0, 0.05) is 37.7 Å². The van der Waals surface area contributed by atoms with Crippen molar-refractivity contribution in [2.75, 3.05) is 23.8 Å². The first kappa shape index (κ1) is 19.2. The van der Waals surface area contributed by atoms with Crippen molar-refractivity contribution >= 4 is 17.4 Å². The highest BCUT2D eigenvalue weighted by molar-refractivity contribution is 6.00. The van der Waals surface area contributed by atoms with Gasteiger partial charge in [-0.3, -0.25) is 9.36 Å². The summed E-state index contributed by atoms with van der Waals surface area (Å²) in [6.07, 6.45) is 5.35. The molecule has 8 nitrogen and oxygen atoms in total. The van der Waals surface area contributed by atoms with Gasteiger partial charge >= 0.3 is 6.03 Å². The van der Waals surface area contributed by atoms with Crippen LogP contribution in [0.1, 0.15) is 30.1 Å². The Morgan fingerprint density at radius 2 is 1.86 bits per heavy atom. The molecule has 1 aliphatic heterocycles. The third-order valence-corrected chi connectivity index (χ3v) is 5.43. The molecule has 2 N–H and O–H groups in total. The summed E-state index contributed by atoms with van der Waals surface area (Å²) in [7, 11) is 1.90. The molecule has 1 saturated heterocycles. The second-order valence-electron chi connectivity index (χ2n) is 7.38. The fraction of sp³-hybridized carbons (Fsp3) is 0.381. The standard InChI is InChI=1S/C21H26N6O2/c1-14-4-5-16(20-6-9-22-26(20)3)12-18(14)24-21(28)25-19-13-23-27(15(19)2)17-7-10-29-11-8-17/h4-6,9,12-13,17H,7-8,10-11H2,1-3H3,(H2,24,25,28). The number of ether oxygens (including phenoxy) is 1. The maximum absolute atomic E-state index is 12.6. The summed E-state index contributed by atoms with van der Waals surface area (Å²) in [6, 6.07) is 7.96. The lowest BCUT2D eigenvalue weighted by molar-refractivity contribution is 0.0657. The predicted octanol–water partition coefficient (Wildman–Crippen LogP) is 3.90. The lowest BCUT2D eigenvalue weighted by atomic mass is 10.1. The van der Waals surface area contributed by atoms with Gasteiger partial charge in [-0.1, -0.05) is 12.1 Å². The lowest BCUT2D eigenvalue weighted by Crippen LogP contribution is -2.22. The Morgan fingerprint density at radius 3 is 2.59 bits per heavy atom. The third-order valence-electron chi connectivity index (χ3n) is 5.43. The van der Waals surface area contributed by atoms with E-state index < -0.39 is 0 Å². The fourth-order valence-electron chi connectivity index (χ4n) is 3.69. The van der Waals surface area contributed by atoms with Gasteiger partial charge in [0.2, 0.25) is 0 Å². The monoisotopic (exact) mass is 394 g/mol. The van der Waals surface area contributed by atoms with E-state index in [4.69, 9.17) is 4.74 Å². The fourth-order valence-corrected chi connectivity index (χ4v) is 3.69. The van der Waals surface area contributed by atoms with Crippen LogP contribution < -0.4 is 10.6 Å². The van der Waals surface area contributed by atoms with E-state index >= 15 is 0 Å². The molecule has 4 rings (SSSR count). The molecule has 1 aliphatic rings. The number of hydrogen-bond acceptors (Lipinski definition) is 4. The van der Waals surface area contributed by atoms with Crippen molar-refractivity contribution in [1.29, 1.82) is 0 Å². The number of nitrogens with zero attached hydrogens (tertiary/aromatic N) is 4. The summed E-state index contributed by atoms with van der Waals surface area (Å²) < 4.78 is 9.23. The van der Waals surface area contributed by atoms with Crippen LogP contribution in [0, 0.1) is 13.8 Å². The molecule has 8 heteroatoms. The molecule has 3 heterocycles. The van der Waals surface area contributed by atoms with Gasteiger partial charge in [-0.05, 0) is 44.4 Å². The molecule has 0 spiro atoms. The van der Waals surface area contributed by atoms with Gasteiger partial charge in [0.1, 0.15) is 0 Å². The molecule has 0 bridgehead atoms. The zero-order chi connectivity index (χ0) is 20.4. The summed E-state index contributed by atoms with van der Waals surface area (Å²) in [5, 5.41) is 14.6. The topological polar surface area (TPSA) is 86.0 Å². The van der Waals surface area contributed by atoms with Crippen LogP contribution in [0.15, 0.2) is 36.7 Å². The van der Waals surface area contributed by atoms with Crippen molar-refractivity contribution in [1.82, 2.24) is 19.6 Å². The number of hydrogen-bond donors (Lipinski definition) is 2. The number of anilines is 2. The quantitative estimate of drug-likeness (QED) is 0.703. The van der Waals surface area contributed by atoms with Crippen LogP contribution in [0.3, 0.4) is 0 Å². The third kappa shape index (κ3) is 4.02. The van der Waals surface area contributed by atoms with Crippen LogP contribution in [0.25, 0.3) is 11.3 Å². The number of amides is 2. The summed E-state index contributed by atoms with van der Waals surface area (Å²) in [4.78, 5) is 12.6. The number of rotatable bonds is 4. The van der Waals surface area contributed by atoms with E-state index in [1.165, 1.54) is 0 Å². The average molecular weight is 394 g/mol. The number of carbonyl (C=O) groups excluding carboxylic acids is 1. The molecule has 1 fully saturated rings. The smallest absolute Gasteiger partial charge is 0.323 e. The summed E-state index contributed by atoms with van der Waals surface area (Å²) >= 11 is 0. The molecule has 29 heavy (non-hydrogen) atoms. The molecule has 2 amide bonds. The van der Waals surface area contributed by atoms with Crippen molar-refractivity contribution in [2.45, 2.75) is 32.7 Å². The Kier molecular flexibility index (Phi) is 5.35. The zero-order valence-electron chi connectivity index (χ0n) is 17.0. The van der Waals surface area contributed by atoms with Crippen LogP contribution in [0.5, 0.6) is 0 Å². The summed E-state index contributed by atoms with van der Waals surface area (Å²) in [6.45, 7) is 5.45. The largest absolute Gasteiger partial charge is 0.381 e. The molecule has 0 aliphatic carbocycles. The molecule has 152 valence electrons. The number of aromatic nitrogens is 4.